The van der Waals surface area contributed by atoms with Crippen LogP contribution in [-0.2, 0) is 10.0 Å². The first-order chi connectivity index (χ1) is 10.1. The second-order valence-electron chi connectivity index (χ2n) is 4.27. The van der Waals surface area contributed by atoms with Crippen molar-refractivity contribution in [3.05, 3.63) is 48.8 Å². The van der Waals surface area contributed by atoms with Gasteiger partial charge in [-0.05, 0) is 12.1 Å². The lowest BCUT2D eigenvalue weighted by atomic mass is 10.1. The number of rotatable bonds is 3. The number of benzene rings is 2. The van der Waals surface area contributed by atoms with Gasteiger partial charge in [-0.3, -0.25) is 0 Å². The van der Waals surface area contributed by atoms with E-state index in [9.17, 15) is 8.42 Å². The third kappa shape index (κ3) is 2.48. The Morgan fingerprint density at radius 1 is 1.00 bits per heavy atom. The Bertz CT molecular complexity index is 897. The van der Waals surface area contributed by atoms with Gasteiger partial charge in [0.05, 0.1) is 17.3 Å². The predicted octanol–water partition coefficient (Wildman–Crippen LogP) is 1.41. The fourth-order valence-electron chi connectivity index (χ4n) is 2.00. The van der Waals surface area contributed by atoms with Gasteiger partial charge in [-0.2, -0.15) is 5.10 Å². The zero-order chi connectivity index (χ0) is 14.9. The molecule has 3 N–H and O–H groups in total. The van der Waals surface area contributed by atoms with Crippen LogP contribution in [0.25, 0.3) is 10.8 Å². The number of nitrogens with two attached hydrogens (primary N) is 1. The van der Waals surface area contributed by atoms with E-state index in [-0.39, 0.29) is 10.8 Å². The summed E-state index contributed by atoms with van der Waals surface area (Å²) >= 11 is 0. The van der Waals surface area contributed by atoms with Gasteiger partial charge in [0.25, 0.3) is 16.0 Å². The van der Waals surface area contributed by atoms with E-state index in [1.54, 1.807) is 30.3 Å². The van der Waals surface area contributed by atoms with Crippen molar-refractivity contribution in [2.45, 2.75) is 4.90 Å². The molecule has 0 unspecified atom stereocenters. The van der Waals surface area contributed by atoms with Crippen LogP contribution in [0.1, 0.15) is 0 Å². The van der Waals surface area contributed by atoms with Gasteiger partial charge in [0.1, 0.15) is 0 Å². The smallest absolute Gasteiger partial charge is 0.264 e. The zero-order valence-electron chi connectivity index (χ0n) is 10.8. The van der Waals surface area contributed by atoms with Crippen molar-refractivity contribution in [3.63, 3.8) is 0 Å². The molecule has 0 atom stereocenters. The minimum absolute atomic E-state index is 0.0848. The van der Waals surface area contributed by atoms with Crippen molar-refractivity contribution in [2.75, 3.05) is 10.5 Å². The molecule has 8 heteroatoms. The van der Waals surface area contributed by atoms with Crippen molar-refractivity contribution in [1.82, 2.24) is 15.2 Å². The summed E-state index contributed by atoms with van der Waals surface area (Å²) in [6.45, 7) is 0. The second kappa shape index (κ2) is 4.98. The Hall–Kier alpha value is -2.74. The molecule has 0 fully saturated rings. The van der Waals surface area contributed by atoms with Gasteiger partial charge >= 0.3 is 0 Å². The summed E-state index contributed by atoms with van der Waals surface area (Å²) in [5, 5.41) is 8.40. The lowest BCUT2D eigenvalue weighted by Crippen LogP contribution is -2.15. The van der Waals surface area contributed by atoms with Gasteiger partial charge < -0.3 is 5.73 Å². The molecule has 0 aliphatic rings. The Balaban J connectivity index is 2.14. The van der Waals surface area contributed by atoms with E-state index in [1.807, 2.05) is 0 Å². The van der Waals surface area contributed by atoms with E-state index in [1.165, 1.54) is 18.5 Å². The molecule has 21 heavy (non-hydrogen) atoms. The van der Waals surface area contributed by atoms with Gasteiger partial charge in [-0.25, -0.2) is 18.1 Å². The molecule has 0 saturated carbocycles. The van der Waals surface area contributed by atoms with Gasteiger partial charge in [-0.1, -0.05) is 24.3 Å². The number of aromatic nitrogens is 3. The van der Waals surface area contributed by atoms with Crippen LogP contribution in [0.5, 0.6) is 0 Å². The highest BCUT2D eigenvalue weighted by Gasteiger charge is 2.19. The number of sulfonamides is 1. The molecule has 0 radical (unpaired) electrons. The van der Waals surface area contributed by atoms with Gasteiger partial charge in [0.2, 0.25) is 0 Å². The van der Waals surface area contributed by atoms with Crippen LogP contribution in [-0.4, -0.2) is 23.6 Å². The number of nitrogens with zero attached hydrogens (tertiary/aromatic N) is 3. The van der Waals surface area contributed by atoms with E-state index in [0.717, 1.165) is 0 Å². The van der Waals surface area contributed by atoms with Gasteiger partial charge in [0, 0.05) is 16.5 Å². The van der Waals surface area contributed by atoms with E-state index in [0.29, 0.717) is 16.5 Å². The molecule has 0 saturated heterocycles. The summed E-state index contributed by atoms with van der Waals surface area (Å²) in [7, 11) is -3.83. The highest BCUT2D eigenvalue weighted by molar-refractivity contribution is 7.93. The number of hydrogen-bond acceptors (Lipinski definition) is 6. The number of nitrogen functional groups attached to an aromatic ring is 1. The van der Waals surface area contributed by atoms with Crippen molar-refractivity contribution >= 4 is 32.4 Å². The molecule has 0 aliphatic heterocycles. The maximum Gasteiger partial charge on any atom is 0.264 e. The summed E-state index contributed by atoms with van der Waals surface area (Å²) in [5.74, 6) is -0.0848. The van der Waals surface area contributed by atoms with Crippen molar-refractivity contribution < 1.29 is 8.42 Å². The topological polar surface area (TPSA) is 111 Å². The molecule has 0 amide bonds. The molecule has 7 nitrogen and oxygen atoms in total. The molecule has 1 aromatic heterocycles. The fourth-order valence-corrected chi connectivity index (χ4v) is 3.16. The fraction of sp³-hybridized carbons (Fsp3) is 0. The average molecular weight is 301 g/mol. The molecule has 3 rings (SSSR count). The lowest BCUT2D eigenvalue weighted by Gasteiger charge is -2.10. The number of nitrogens with one attached hydrogen (secondary N) is 1. The largest absolute Gasteiger partial charge is 0.398 e. The van der Waals surface area contributed by atoms with Crippen LogP contribution >= 0.6 is 0 Å². The second-order valence-corrected chi connectivity index (χ2v) is 5.92. The lowest BCUT2D eigenvalue weighted by molar-refractivity contribution is 0.601. The molecule has 0 bridgehead atoms. The third-order valence-corrected chi connectivity index (χ3v) is 4.30. The average Bonchev–Trinajstić information content (AvgIpc) is 2.48. The van der Waals surface area contributed by atoms with E-state index in [4.69, 9.17) is 5.73 Å². The maximum absolute atomic E-state index is 12.5. The first kappa shape index (κ1) is 13.3. The van der Waals surface area contributed by atoms with E-state index in [2.05, 4.69) is 19.9 Å². The van der Waals surface area contributed by atoms with Gasteiger partial charge in [0.15, 0.2) is 0 Å². The van der Waals surface area contributed by atoms with Crippen LogP contribution in [0.2, 0.25) is 0 Å². The molecule has 2 aromatic carbocycles. The Morgan fingerprint density at radius 2 is 1.76 bits per heavy atom. The monoisotopic (exact) mass is 301 g/mol. The predicted molar refractivity (Wildman–Crippen MR) is 79.0 cm³/mol. The minimum atomic E-state index is -3.83. The van der Waals surface area contributed by atoms with Crippen LogP contribution in [0, 0.1) is 0 Å². The summed E-state index contributed by atoms with van der Waals surface area (Å²) in [6, 6.07) is 10.0. The Labute approximate surface area is 120 Å². The Morgan fingerprint density at radius 3 is 2.48 bits per heavy atom. The summed E-state index contributed by atoms with van der Waals surface area (Å²) in [6.07, 6.45) is 2.71. The summed E-state index contributed by atoms with van der Waals surface area (Å²) in [4.78, 5) is 3.91. The Kier molecular flexibility index (Phi) is 3.15. The van der Waals surface area contributed by atoms with Gasteiger partial charge in [-0.15, -0.1) is 5.10 Å². The molecular weight excluding hydrogens is 290 g/mol. The number of hydrogen-bond donors (Lipinski definition) is 2. The molecule has 0 spiro atoms. The van der Waals surface area contributed by atoms with Crippen LogP contribution in [0.15, 0.2) is 53.7 Å². The normalized spacial score (nSPS) is 11.4. The van der Waals surface area contributed by atoms with Crippen molar-refractivity contribution in [2.24, 2.45) is 0 Å². The molecule has 106 valence electrons. The summed E-state index contributed by atoms with van der Waals surface area (Å²) in [5.41, 5.74) is 6.39. The van der Waals surface area contributed by atoms with Crippen LogP contribution < -0.4 is 10.5 Å². The standard InChI is InChI=1S/C13H11N5O2S/c14-11-5-6-12(10-4-2-1-3-9(10)11)21(19,20)18-13-15-7-8-16-17-13/h1-8H,14H2,(H,15,17,18). The maximum atomic E-state index is 12.5. The number of anilines is 2. The molecule has 1 heterocycles. The first-order valence-electron chi connectivity index (χ1n) is 6.02. The van der Waals surface area contributed by atoms with Crippen molar-refractivity contribution in [3.8, 4) is 0 Å². The number of fused-ring (bicyclic) bond motifs is 1. The SMILES string of the molecule is Nc1ccc(S(=O)(=O)Nc2nccnn2)c2ccccc12. The first-order valence-corrected chi connectivity index (χ1v) is 7.50. The van der Waals surface area contributed by atoms with Crippen LogP contribution in [0.4, 0.5) is 11.6 Å². The van der Waals surface area contributed by atoms with Crippen LogP contribution in [0.3, 0.4) is 0 Å². The summed E-state index contributed by atoms with van der Waals surface area (Å²) < 4.78 is 27.2. The molecule has 3 aromatic rings. The zero-order valence-corrected chi connectivity index (χ0v) is 11.6. The van der Waals surface area contributed by atoms with Crippen molar-refractivity contribution in [1.29, 1.82) is 0 Å². The third-order valence-electron chi connectivity index (χ3n) is 2.92. The highest BCUT2D eigenvalue weighted by Crippen LogP contribution is 2.28. The van der Waals surface area contributed by atoms with E-state index >= 15 is 0 Å². The highest BCUT2D eigenvalue weighted by atomic mass is 32.2. The quantitative estimate of drug-likeness (QED) is 0.707. The molecular formula is C13H11N5O2S. The minimum Gasteiger partial charge on any atom is -0.398 e. The molecule has 0 aliphatic carbocycles. The van der Waals surface area contributed by atoms with E-state index < -0.39 is 10.0 Å².